The van der Waals surface area contributed by atoms with Crippen molar-refractivity contribution in [1.82, 2.24) is 14.5 Å². The van der Waals surface area contributed by atoms with Crippen LogP contribution in [0.1, 0.15) is 16.7 Å². The molecule has 24 heavy (non-hydrogen) atoms. The molecule has 0 fully saturated rings. The Labute approximate surface area is 139 Å². The van der Waals surface area contributed by atoms with Crippen LogP contribution in [0, 0.1) is 25.2 Å². The molecule has 2 N–H and O–H groups in total. The Kier molecular flexibility index (Phi) is 3.00. The summed E-state index contributed by atoms with van der Waals surface area (Å²) < 4.78 is 1.85. The van der Waals surface area contributed by atoms with Gasteiger partial charge in [-0.3, -0.25) is 4.57 Å². The number of nitrogens with zero attached hydrogens (tertiary/aromatic N) is 4. The van der Waals surface area contributed by atoms with Gasteiger partial charge in [0, 0.05) is 0 Å². The molecule has 5 heteroatoms. The lowest BCUT2D eigenvalue weighted by Gasteiger charge is -2.13. The quantitative estimate of drug-likeness (QED) is 0.581. The molecule has 0 aliphatic heterocycles. The predicted octanol–water partition coefficient (Wildman–Crippen LogP) is 3.64. The van der Waals surface area contributed by atoms with Gasteiger partial charge in [-0.1, -0.05) is 30.3 Å². The third kappa shape index (κ3) is 1.87. The van der Waals surface area contributed by atoms with E-state index in [4.69, 9.17) is 10.7 Å². The number of nitrogens with two attached hydrogens (primary N) is 1. The normalized spacial score (nSPS) is 11.0. The lowest BCUT2D eigenvalue weighted by atomic mass is 10.1. The van der Waals surface area contributed by atoms with E-state index in [1.54, 1.807) is 0 Å². The van der Waals surface area contributed by atoms with Crippen LogP contribution in [0.5, 0.6) is 0 Å². The maximum atomic E-state index is 9.58. The lowest BCUT2D eigenvalue weighted by molar-refractivity contribution is 1.07. The fourth-order valence-electron chi connectivity index (χ4n) is 3.16. The smallest absolute Gasteiger partial charge is 0.167 e. The molecule has 2 aromatic heterocycles. The molecule has 0 aliphatic carbocycles. The molecular formula is C19H15N5. The van der Waals surface area contributed by atoms with E-state index in [-0.39, 0.29) is 0 Å². The van der Waals surface area contributed by atoms with Crippen LogP contribution in [0.15, 0.2) is 42.5 Å². The highest BCUT2D eigenvalue weighted by Gasteiger charge is 2.21. The molecule has 4 rings (SSSR count). The SMILES string of the molecule is Cc1cccc(C)c1-n1c(N)c(C#N)c2nc3ccccc3nc21. The number of aryl methyl sites for hydroxylation is 2. The standard InChI is InChI=1S/C19H15N5/c1-11-6-5-7-12(2)17(11)24-18(21)13(10-20)16-19(24)23-15-9-4-3-8-14(15)22-16/h3-9H,21H2,1-2H3. The Morgan fingerprint density at radius 2 is 1.58 bits per heavy atom. The number of aromatic nitrogens is 3. The van der Waals surface area contributed by atoms with Crippen molar-refractivity contribution in [2.75, 3.05) is 5.73 Å². The monoisotopic (exact) mass is 313 g/mol. The molecule has 0 saturated heterocycles. The molecule has 0 amide bonds. The van der Waals surface area contributed by atoms with Crippen LogP contribution in [0.25, 0.3) is 27.9 Å². The summed E-state index contributed by atoms with van der Waals surface area (Å²) in [6.07, 6.45) is 0. The Morgan fingerprint density at radius 1 is 0.958 bits per heavy atom. The highest BCUT2D eigenvalue weighted by Crippen LogP contribution is 2.32. The van der Waals surface area contributed by atoms with Crippen LogP contribution in [0.4, 0.5) is 5.82 Å². The molecule has 4 aromatic rings. The molecule has 116 valence electrons. The lowest BCUT2D eigenvalue weighted by Crippen LogP contribution is -2.05. The van der Waals surface area contributed by atoms with Gasteiger partial charge < -0.3 is 5.73 Å². The Bertz CT molecular complexity index is 1130. The van der Waals surface area contributed by atoms with Gasteiger partial charge in [0.25, 0.3) is 0 Å². The van der Waals surface area contributed by atoms with E-state index >= 15 is 0 Å². The first-order chi connectivity index (χ1) is 11.6. The highest BCUT2D eigenvalue weighted by molar-refractivity contribution is 5.93. The third-order valence-electron chi connectivity index (χ3n) is 4.27. The number of anilines is 1. The minimum atomic E-state index is 0.367. The largest absolute Gasteiger partial charge is 0.384 e. The second kappa shape index (κ2) is 5.07. The summed E-state index contributed by atoms with van der Waals surface area (Å²) in [5, 5.41) is 9.58. The van der Waals surface area contributed by atoms with E-state index < -0.39 is 0 Å². The van der Waals surface area contributed by atoms with Gasteiger partial charge in [0.05, 0.1) is 16.7 Å². The van der Waals surface area contributed by atoms with Gasteiger partial charge in [-0.05, 0) is 37.1 Å². The van der Waals surface area contributed by atoms with Gasteiger partial charge in [-0.25, -0.2) is 9.97 Å². The van der Waals surface area contributed by atoms with Gasteiger partial charge in [-0.2, -0.15) is 5.26 Å². The van der Waals surface area contributed by atoms with Crippen LogP contribution in [-0.4, -0.2) is 14.5 Å². The summed E-state index contributed by atoms with van der Waals surface area (Å²) in [4.78, 5) is 9.36. The van der Waals surface area contributed by atoms with Crippen molar-refractivity contribution in [3.8, 4) is 11.8 Å². The first-order valence-corrected chi connectivity index (χ1v) is 7.65. The zero-order valence-corrected chi connectivity index (χ0v) is 13.4. The average molecular weight is 313 g/mol. The maximum absolute atomic E-state index is 9.58. The van der Waals surface area contributed by atoms with Crippen LogP contribution >= 0.6 is 0 Å². The molecular weight excluding hydrogens is 298 g/mol. The van der Waals surface area contributed by atoms with Crippen LogP contribution in [-0.2, 0) is 0 Å². The van der Waals surface area contributed by atoms with E-state index in [1.165, 1.54) is 0 Å². The number of hydrogen-bond acceptors (Lipinski definition) is 4. The second-order valence-corrected chi connectivity index (χ2v) is 5.83. The summed E-state index contributed by atoms with van der Waals surface area (Å²) >= 11 is 0. The van der Waals surface area contributed by atoms with Crippen molar-refractivity contribution in [1.29, 1.82) is 5.26 Å². The predicted molar refractivity (Wildman–Crippen MR) is 95.0 cm³/mol. The summed E-state index contributed by atoms with van der Waals surface area (Å²) in [7, 11) is 0. The zero-order chi connectivity index (χ0) is 16.8. The van der Waals surface area contributed by atoms with E-state index in [0.717, 1.165) is 27.8 Å². The van der Waals surface area contributed by atoms with Crippen molar-refractivity contribution in [2.24, 2.45) is 0 Å². The van der Waals surface area contributed by atoms with E-state index in [1.807, 2.05) is 60.9 Å². The van der Waals surface area contributed by atoms with Crippen LogP contribution in [0.2, 0.25) is 0 Å². The fourth-order valence-corrected chi connectivity index (χ4v) is 3.16. The minimum absolute atomic E-state index is 0.367. The summed E-state index contributed by atoms with van der Waals surface area (Å²) in [5.74, 6) is 0.375. The first-order valence-electron chi connectivity index (χ1n) is 7.65. The number of fused-ring (bicyclic) bond motifs is 2. The van der Waals surface area contributed by atoms with Crippen molar-refractivity contribution >= 4 is 28.0 Å². The number of para-hydroxylation sites is 3. The Morgan fingerprint density at radius 3 is 2.21 bits per heavy atom. The highest BCUT2D eigenvalue weighted by atomic mass is 15.1. The first kappa shape index (κ1) is 14.2. The summed E-state index contributed by atoms with van der Waals surface area (Å²) in [5.41, 5.74) is 12.4. The molecule has 0 saturated carbocycles. The summed E-state index contributed by atoms with van der Waals surface area (Å²) in [6.45, 7) is 4.04. The van der Waals surface area contributed by atoms with E-state index in [9.17, 15) is 5.26 Å². The number of benzene rings is 2. The summed E-state index contributed by atoms with van der Waals surface area (Å²) in [6, 6.07) is 15.8. The van der Waals surface area contributed by atoms with Gasteiger partial charge in [0.15, 0.2) is 5.65 Å². The third-order valence-corrected chi connectivity index (χ3v) is 4.27. The van der Waals surface area contributed by atoms with Crippen molar-refractivity contribution in [3.63, 3.8) is 0 Å². The van der Waals surface area contributed by atoms with Crippen molar-refractivity contribution < 1.29 is 0 Å². The molecule has 2 aromatic carbocycles. The number of hydrogen-bond donors (Lipinski definition) is 1. The van der Waals surface area contributed by atoms with E-state index in [2.05, 4.69) is 11.1 Å². The van der Waals surface area contributed by atoms with Crippen LogP contribution < -0.4 is 5.73 Å². The fraction of sp³-hybridized carbons (Fsp3) is 0.105. The molecule has 0 aliphatic rings. The molecule has 0 atom stereocenters. The molecule has 0 spiro atoms. The molecule has 0 unspecified atom stereocenters. The molecule has 2 heterocycles. The molecule has 0 radical (unpaired) electrons. The van der Waals surface area contributed by atoms with Crippen LogP contribution in [0.3, 0.4) is 0 Å². The minimum Gasteiger partial charge on any atom is -0.384 e. The Balaban J connectivity index is 2.22. The Hall–Kier alpha value is -3.39. The van der Waals surface area contributed by atoms with Gasteiger partial charge >= 0.3 is 0 Å². The molecule has 5 nitrogen and oxygen atoms in total. The number of nitriles is 1. The number of nitrogen functional groups attached to an aromatic ring is 1. The average Bonchev–Trinajstić information content (AvgIpc) is 2.84. The van der Waals surface area contributed by atoms with Crippen molar-refractivity contribution in [2.45, 2.75) is 13.8 Å². The maximum Gasteiger partial charge on any atom is 0.167 e. The van der Waals surface area contributed by atoms with Gasteiger partial charge in [-0.15, -0.1) is 0 Å². The van der Waals surface area contributed by atoms with Crippen molar-refractivity contribution in [3.05, 3.63) is 59.2 Å². The number of rotatable bonds is 1. The van der Waals surface area contributed by atoms with Gasteiger partial charge in [0.2, 0.25) is 0 Å². The van der Waals surface area contributed by atoms with Gasteiger partial charge in [0.1, 0.15) is 23.0 Å². The molecule has 0 bridgehead atoms. The topological polar surface area (TPSA) is 80.5 Å². The zero-order valence-electron chi connectivity index (χ0n) is 13.4. The second-order valence-electron chi connectivity index (χ2n) is 5.83. The van der Waals surface area contributed by atoms with E-state index in [0.29, 0.717) is 22.5 Å².